The van der Waals surface area contributed by atoms with Crippen LogP contribution in [0.2, 0.25) is 0 Å². The molecule has 8 heavy (non-hydrogen) atoms. The Kier molecular flexibility index (Phi) is 2.84. The summed E-state index contributed by atoms with van der Waals surface area (Å²) in [5.41, 5.74) is 0. The SMILES string of the molecule is CCC(C)(C)[S+](C)[O-]. The maximum absolute atomic E-state index is 10.8. The molecule has 0 aliphatic heterocycles. The first kappa shape index (κ1) is 8.31. The molecule has 0 fully saturated rings. The summed E-state index contributed by atoms with van der Waals surface area (Å²) in [7, 11) is 0. The van der Waals surface area contributed by atoms with Gasteiger partial charge in [-0.05, 0) is 20.3 Å². The topological polar surface area (TPSA) is 23.1 Å². The zero-order valence-corrected chi connectivity index (χ0v) is 6.84. The van der Waals surface area contributed by atoms with Gasteiger partial charge in [-0.25, -0.2) is 0 Å². The number of hydrogen-bond donors (Lipinski definition) is 0. The third-order valence-corrected chi connectivity index (χ3v) is 3.47. The van der Waals surface area contributed by atoms with E-state index in [0.29, 0.717) is 0 Å². The van der Waals surface area contributed by atoms with Crippen LogP contribution >= 0.6 is 0 Å². The molecule has 2 heteroatoms. The fourth-order valence-corrected chi connectivity index (χ4v) is 0.610. The first-order valence-corrected chi connectivity index (χ1v) is 4.40. The highest BCUT2D eigenvalue weighted by molar-refractivity contribution is 7.92. The Balaban J connectivity index is 3.71. The van der Waals surface area contributed by atoms with E-state index < -0.39 is 11.2 Å². The van der Waals surface area contributed by atoms with Crippen LogP contribution in [0.25, 0.3) is 0 Å². The summed E-state index contributed by atoms with van der Waals surface area (Å²) >= 11 is -0.676. The standard InChI is InChI=1S/C6H14OS/c1-5-6(2,3)8(4)7/h5H2,1-4H3. The normalized spacial score (nSPS) is 16.1. The molecule has 1 nitrogen and oxygen atoms in total. The minimum atomic E-state index is -0.676. The molecule has 0 amide bonds. The summed E-state index contributed by atoms with van der Waals surface area (Å²) in [5, 5.41) is 0. The zero-order valence-electron chi connectivity index (χ0n) is 6.02. The summed E-state index contributed by atoms with van der Waals surface area (Å²) < 4.78 is 10.8. The Hall–Kier alpha value is 0.310. The second-order valence-corrected chi connectivity index (χ2v) is 4.58. The van der Waals surface area contributed by atoms with Crippen molar-refractivity contribution >= 4 is 11.2 Å². The van der Waals surface area contributed by atoms with Gasteiger partial charge in [0.25, 0.3) is 0 Å². The molecular formula is C6H14OS. The van der Waals surface area contributed by atoms with Gasteiger partial charge in [-0.1, -0.05) is 18.1 Å². The van der Waals surface area contributed by atoms with Gasteiger partial charge in [-0.15, -0.1) is 0 Å². The molecule has 1 atom stereocenters. The van der Waals surface area contributed by atoms with Crippen LogP contribution in [0.1, 0.15) is 27.2 Å². The van der Waals surface area contributed by atoms with E-state index in [2.05, 4.69) is 6.92 Å². The van der Waals surface area contributed by atoms with E-state index in [1.54, 1.807) is 6.26 Å². The molecule has 1 unspecified atom stereocenters. The highest BCUT2D eigenvalue weighted by Gasteiger charge is 2.24. The van der Waals surface area contributed by atoms with Crippen molar-refractivity contribution in [3.8, 4) is 0 Å². The molecule has 0 aromatic carbocycles. The number of rotatable bonds is 2. The molecule has 0 bridgehead atoms. The van der Waals surface area contributed by atoms with Crippen molar-refractivity contribution in [2.45, 2.75) is 31.9 Å². The van der Waals surface area contributed by atoms with E-state index in [4.69, 9.17) is 0 Å². The minimum Gasteiger partial charge on any atom is -0.616 e. The molecule has 0 saturated carbocycles. The van der Waals surface area contributed by atoms with E-state index in [0.717, 1.165) is 6.42 Å². The van der Waals surface area contributed by atoms with Crippen LogP contribution in [0.5, 0.6) is 0 Å². The average molecular weight is 134 g/mol. The highest BCUT2D eigenvalue weighted by Crippen LogP contribution is 2.18. The molecule has 0 heterocycles. The summed E-state index contributed by atoms with van der Waals surface area (Å²) in [6.45, 7) is 6.09. The van der Waals surface area contributed by atoms with E-state index in [1.165, 1.54) is 0 Å². The molecular weight excluding hydrogens is 120 g/mol. The van der Waals surface area contributed by atoms with Crippen molar-refractivity contribution in [1.29, 1.82) is 0 Å². The third-order valence-electron chi connectivity index (χ3n) is 1.63. The second-order valence-electron chi connectivity index (χ2n) is 2.57. The van der Waals surface area contributed by atoms with Crippen LogP contribution in [-0.4, -0.2) is 15.6 Å². The molecule has 0 aliphatic carbocycles. The van der Waals surface area contributed by atoms with Gasteiger partial charge >= 0.3 is 0 Å². The molecule has 0 rings (SSSR count). The van der Waals surface area contributed by atoms with Gasteiger partial charge in [0.2, 0.25) is 0 Å². The fourth-order valence-electron chi connectivity index (χ4n) is 0.203. The summed E-state index contributed by atoms with van der Waals surface area (Å²) in [4.78, 5) is 0. The van der Waals surface area contributed by atoms with Gasteiger partial charge in [0.1, 0.15) is 4.75 Å². The Morgan fingerprint density at radius 2 is 1.88 bits per heavy atom. The van der Waals surface area contributed by atoms with Crippen molar-refractivity contribution in [3.05, 3.63) is 0 Å². The predicted molar refractivity (Wildman–Crippen MR) is 38.4 cm³/mol. The summed E-state index contributed by atoms with van der Waals surface area (Å²) in [6, 6.07) is 0. The van der Waals surface area contributed by atoms with Crippen molar-refractivity contribution in [1.82, 2.24) is 0 Å². The average Bonchev–Trinajstić information content (AvgIpc) is 1.67. The molecule has 0 N–H and O–H groups in total. The van der Waals surface area contributed by atoms with Crippen LogP contribution in [0.4, 0.5) is 0 Å². The van der Waals surface area contributed by atoms with Crippen molar-refractivity contribution in [2.24, 2.45) is 0 Å². The lowest BCUT2D eigenvalue weighted by atomic mass is 10.1. The van der Waals surface area contributed by atoms with Crippen LogP contribution < -0.4 is 0 Å². The van der Waals surface area contributed by atoms with Crippen LogP contribution in [-0.2, 0) is 11.2 Å². The Labute approximate surface area is 54.7 Å². The molecule has 0 spiro atoms. The molecule has 0 saturated heterocycles. The fraction of sp³-hybridized carbons (Fsp3) is 1.00. The summed E-state index contributed by atoms with van der Waals surface area (Å²) in [6.07, 6.45) is 2.74. The Morgan fingerprint density at radius 3 is 1.88 bits per heavy atom. The monoisotopic (exact) mass is 134 g/mol. The van der Waals surface area contributed by atoms with Crippen LogP contribution in [0.15, 0.2) is 0 Å². The predicted octanol–water partition coefficient (Wildman–Crippen LogP) is 1.55. The molecule has 0 aromatic heterocycles. The van der Waals surface area contributed by atoms with E-state index >= 15 is 0 Å². The minimum absolute atomic E-state index is 0.0139. The van der Waals surface area contributed by atoms with Gasteiger partial charge in [-0.3, -0.25) is 0 Å². The second kappa shape index (κ2) is 2.74. The Morgan fingerprint density at radius 1 is 1.50 bits per heavy atom. The lowest BCUT2D eigenvalue weighted by Gasteiger charge is -2.23. The van der Waals surface area contributed by atoms with Gasteiger partial charge in [0, 0.05) is 0 Å². The first-order valence-electron chi connectivity index (χ1n) is 2.84. The first-order chi connectivity index (χ1) is 3.50. The van der Waals surface area contributed by atoms with E-state index in [-0.39, 0.29) is 4.75 Å². The molecule has 0 aromatic rings. The largest absolute Gasteiger partial charge is 0.616 e. The summed E-state index contributed by atoms with van der Waals surface area (Å²) in [5.74, 6) is 0. The maximum atomic E-state index is 10.8. The molecule has 50 valence electrons. The highest BCUT2D eigenvalue weighted by atomic mass is 32.2. The lowest BCUT2D eigenvalue weighted by Crippen LogP contribution is -2.29. The third kappa shape index (κ3) is 2.05. The van der Waals surface area contributed by atoms with Crippen molar-refractivity contribution in [2.75, 3.05) is 6.26 Å². The quantitative estimate of drug-likeness (QED) is 0.525. The lowest BCUT2D eigenvalue weighted by molar-refractivity contribution is 0.544. The van der Waals surface area contributed by atoms with Crippen molar-refractivity contribution in [3.63, 3.8) is 0 Å². The molecule has 0 aliphatic rings. The van der Waals surface area contributed by atoms with E-state index in [1.807, 2.05) is 13.8 Å². The van der Waals surface area contributed by atoms with Gasteiger partial charge in [0.05, 0.1) is 6.26 Å². The Bertz CT molecular complexity index is 68.9. The smallest absolute Gasteiger partial charge is 0.119 e. The van der Waals surface area contributed by atoms with Gasteiger partial charge in [-0.2, -0.15) is 0 Å². The molecule has 0 radical (unpaired) electrons. The van der Waals surface area contributed by atoms with Crippen molar-refractivity contribution < 1.29 is 4.55 Å². The van der Waals surface area contributed by atoms with E-state index in [9.17, 15) is 4.55 Å². The van der Waals surface area contributed by atoms with Crippen LogP contribution in [0.3, 0.4) is 0 Å². The number of hydrogen-bond acceptors (Lipinski definition) is 1. The van der Waals surface area contributed by atoms with Gasteiger partial charge in [0.15, 0.2) is 0 Å². The maximum Gasteiger partial charge on any atom is 0.119 e. The zero-order chi connectivity index (χ0) is 6.78. The van der Waals surface area contributed by atoms with Gasteiger partial charge < -0.3 is 4.55 Å². The van der Waals surface area contributed by atoms with Crippen LogP contribution in [0, 0.1) is 0 Å².